The van der Waals surface area contributed by atoms with Crippen LogP contribution < -0.4 is 0 Å². The molecule has 0 aliphatic rings. The van der Waals surface area contributed by atoms with E-state index < -0.39 is 0 Å². The smallest absolute Gasteiger partial charge is 0.194 e. The molecule has 0 unspecified atom stereocenters. The van der Waals surface area contributed by atoms with Crippen LogP contribution in [0.1, 0.15) is 16.7 Å². The number of benzene rings is 11. The molecule has 386 valence electrons. The SMILES string of the molecule is [C-]#[N+]c1ccccc1-c1ccc2c(c1)c1cc(-c3ccccc3C#N)ccc1n2-c1cc(-c2nc(-c3ccccc3)cc(-c3ccccc3)n2)cc(-n2c3ccc(-c4ccccc4C#N)cc3c3cc(-c4ccccc4[N+]#[C-])ccc32)c1C#N. The fourth-order valence-corrected chi connectivity index (χ4v) is 11.8. The number of hydrogen-bond acceptors (Lipinski definition) is 5. The molecule has 0 fully saturated rings. The van der Waals surface area contributed by atoms with Crippen molar-refractivity contribution in [3.63, 3.8) is 0 Å². The van der Waals surface area contributed by atoms with Crippen molar-refractivity contribution < 1.29 is 0 Å². The summed E-state index contributed by atoms with van der Waals surface area (Å²) in [5, 5.41) is 36.3. The standard InChI is InChI=1S/C75H41N9/c1-79-65-27-15-13-25-58(65)51-31-35-71-62(39-51)60-37-49(56-23-11-9-21-53(56)44-76)29-33-69(60)83(71)73-41-55(75-81-67(47-17-5-3-6-18-47)43-68(82-75)48-19-7-4-8-20-48)42-74(64(73)46-78)84-70-34-30-50(57-24-12-10-22-54(57)45-77)38-61(70)63-40-52(32-36-72(63)84)59-26-14-16-28-66(59)80-2/h3-43H. The zero-order valence-electron chi connectivity index (χ0n) is 44.7. The van der Waals surface area contributed by atoms with Crippen LogP contribution in [0.4, 0.5) is 11.4 Å². The number of nitrogens with zero attached hydrogens (tertiary/aromatic N) is 9. The van der Waals surface area contributed by atoms with Gasteiger partial charge in [-0.15, -0.1) is 0 Å². The Morgan fingerprint density at radius 3 is 1.04 bits per heavy atom. The van der Waals surface area contributed by atoms with Crippen LogP contribution in [0.5, 0.6) is 0 Å². The van der Waals surface area contributed by atoms with Crippen LogP contribution in [-0.2, 0) is 0 Å². The molecule has 0 saturated heterocycles. The lowest BCUT2D eigenvalue weighted by Crippen LogP contribution is -2.06. The molecule has 14 aromatic rings. The average molecular weight is 1070 g/mol. The van der Waals surface area contributed by atoms with Gasteiger partial charge in [0.2, 0.25) is 0 Å². The number of aromatic nitrogens is 4. The number of para-hydroxylation sites is 2. The minimum Gasteiger partial charge on any atom is -0.308 e. The summed E-state index contributed by atoms with van der Waals surface area (Å²) >= 11 is 0. The van der Waals surface area contributed by atoms with Gasteiger partial charge >= 0.3 is 0 Å². The molecule has 3 aromatic heterocycles. The second-order valence-corrected chi connectivity index (χ2v) is 20.4. The highest BCUT2D eigenvalue weighted by Gasteiger charge is 2.26. The molecule has 0 amide bonds. The first-order chi connectivity index (χ1) is 41.4. The minimum atomic E-state index is 0.363. The molecular weight excluding hydrogens is 1030 g/mol. The van der Waals surface area contributed by atoms with Crippen molar-refractivity contribution in [2.75, 3.05) is 0 Å². The van der Waals surface area contributed by atoms with Crippen LogP contribution in [0.2, 0.25) is 0 Å². The lowest BCUT2D eigenvalue weighted by atomic mass is 9.97. The minimum absolute atomic E-state index is 0.363. The molecule has 0 aliphatic carbocycles. The van der Waals surface area contributed by atoms with E-state index in [0.717, 1.165) is 111 Å². The van der Waals surface area contributed by atoms with Crippen LogP contribution in [0.3, 0.4) is 0 Å². The van der Waals surface area contributed by atoms with Crippen molar-refractivity contribution in [1.82, 2.24) is 19.1 Å². The summed E-state index contributed by atoms with van der Waals surface area (Å²) in [5.74, 6) is 0.436. The van der Waals surface area contributed by atoms with Crippen molar-refractivity contribution in [3.05, 3.63) is 288 Å². The molecule has 11 aromatic carbocycles. The molecule has 0 aliphatic heterocycles. The molecule has 9 heteroatoms. The maximum Gasteiger partial charge on any atom is 0.194 e. The monoisotopic (exact) mass is 1070 g/mol. The van der Waals surface area contributed by atoms with Crippen LogP contribution in [0, 0.1) is 47.1 Å². The van der Waals surface area contributed by atoms with Gasteiger partial charge in [0, 0.05) is 38.2 Å². The number of nitriles is 3. The van der Waals surface area contributed by atoms with E-state index in [4.69, 9.17) is 23.1 Å². The first-order valence-electron chi connectivity index (χ1n) is 27.1. The van der Waals surface area contributed by atoms with Crippen molar-refractivity contribution in [2.24, 2.45) is 0 Å². The van der Waals surface area contributed by atoms with Crippen molar-refractivity contribution >= 4 is 55.0 Å². The first kappa shape index (κ1) is 49.8. The van der Waals surface area contributed by atoms with Gasteiger partial charge in [-0.1, -0.05) is 170 Å². The van der Waals surface area contributed by atoms with E-state index in [1.807, 2.05) is 200 Å². The Bertz CT molecular complexity index is 4720. The van der Waals surface area contributed by atoms with Crippen LogP contribution >= 0.6 is 0 Å². The average Bonchev–Trinajstić information content (AvgIpc) is 3.98. The van der Waals surface area contributed by atoms with Crippen molar-refractivity contribution in [2.45, 2.75) is 0 Å². The van der Waals surface area contributed by atoms with Gasteiger partial charge in [0.15, 0.2) is 17.2 Å². The second kappa shape index (κ2) is 20.7. The molecule has 0 atom stereocenters. The largest absolute Gasteiger partial charge is 0.308 e. The van der Waals surface area contributed by atoms with E-state index in [0.29, 0.717) is 50.8 Å². The van der Waals surface area contributed by atoms with Gasteiger partial charge in [-0.05, 0) is 123 Å². The fraction of sp³-hybridized carbons (Fsp3) is 0. The van der Waals surface area contributed by atoms with Gasteiger partial charge in [0.1, 0.15) is 11.6 Å². The maximum absolute atomic E-state index is 12.1. The van der Waals surface area contributed by atoms with Gasteiger partial charge < -0.3 is 9.13 Å². The highest BCUT2D eigenvalue weighted by atomic mass is 15.0. The molecule has 0 spiro atoms. The van der Waals surface area contributed by atoms with Crippen LogP contribution in [0.15, 0.2) is 249 Å². The number of fused-ring (bicyclic) bond motifs is 6. The molecule has 3 heterocycles. The highest BCUT2D eigenvalue weighted by molar-refractivity contribution is 6.14. The third-order valence-corrected chi connectivity index (χ3v) is 15.7. The zero-order chi connectivity index (χ0) is 56.8. The Morgan fingerprint density at radius 2 is 0.667 bits per heavy atom. The van der Waals surface area contributed by atoms with E-state index in [-0.39, 0.29) is 0 Å². The highest BCUT2D eigenvalue weighted by Crippen LogP contribution is 2.45. The predicted octanol–water partition coefficient (Wildman–Crippen LogP) is 19.1. The zero-order valence-corrected chi connectivity index (χ0v) is 44.7. The summed E-state index contributed by atoms with van der Waals surface area (Å²) in [6.07, 6.45) is 0. The molecule has 0 saturated carbocycles. The number of rotatable bonds is 9. The fourth-order valence-electron chi connectivity index (χ4n) is 11.8. The Hall–Kier alpha value is -12.5. The molecule has 0 radical (unpaired) electrons. The summed E-state index contributed by atoms with van der Waals surface area (Å²) in [6, 6.07) is 88.8. The van der Waals surface area contributed by atoms with Crippen molar-refractivity contribution in [1.29, 1.82) is 15.8 Å². The molecular formula is C75H41N9. The molecule has 84 heavy (non-hydrogen) atoms. The van der Waals surface area contributed by atoms with E-state index in [9.17, 15) is 15.8 Å². The summed E-state index contributed by atoms with van der Waals surface area (Å²) in [7, 11) is 0. The summed E-state index contributed by atoms with van der Waals surface area (Å²) < 4.78 is 4.29. The maximum atomic E-state index is 12.1. The Labute approximate surface area is 483 Å². The summed E-state index contributed by atoms with van der Waals surface area (Å²) in [4.78, 5) is 18.6. The number of hydrogen-bond donors (Lipinski definition) is 0. The lowest BCUT2D eigenvalue weighted by Gasteiger charge is -2.19. The van der Waals surface area contributed by atoms with Crippen LogP contribution in [0.25, 0.3) is 143 Å². The van der Waals surface area contributed by atoms with Gasteiger partial charge in [0.05, 0.1) is 81.2 Å². The normalized spacial score (nSPS) is 11.0. The third-order valence-electron chi connectivity index (χ3n) is 15.7. The second-order valence-electron chi connectivity index (χ2n) is 20.4. The van der Waals surface area contributed by atoms with Gasteiger partial charge in [-0.25, -0.2) is 19.7 Å². The summed E-state index contributed by atoms with van der Waals surface area (Å²) in [5.41, 5.74) is 17.3. The van der Waals surface area contributed by atoms with Gasteiger partial charge in [-0.3, -0.25) is 0 Å². The Balaban J connectivity index is 1.12. The molecule has 0 bridgehead atoms. The molecule has 9 nitrogen and oxygen atoms in total. The summed E-state index contributed by atoms with van der Waals surface area (Å²) in [6.45, 7) is 16.2. The third kappa shape index (κ3) is 8.37. The van der Waals surface area contributed by atoms with Gasteiger partial charge in [-0.2, -0.15) is 15.8 Å². The topological polar surface area (TPSA) is 116 Å². The lowest BCUT2D eigenvalue weighted by molar-refractivity contribution is 1.11. The van der Waals surface area contributed by atoms with E-state index in [2.05, 4.69) is 85.6 Å². The quantitative estimate of drug-likeness (QED) is 0.134. The molecule has 14 rings (SSSR count). The molecule has 0 N–H and O–H groups in total. The predicted molar refractivity (Wildman–Crippen MR) is 335 cm³/mol. The first-order valence-corrected chi connectivity index (χ1v) is 27.1. The van der Waals surface area contributed by atoms with Crippen LogP contribution in [-0.4, -0.2) is 19.1 Å². The Kier molecular flexibility index (Phi) is 12.2. The van der Waals surface area contributed by atoms with E-state index in [1.165, 1.54) is 0 Å². The van der Waals surface area contributed by atoms with Crippen molar-refractivity contribution in [3.8, 4) is 108 Å². The van der Waals surface area contributed by atoms with E-state index in [1.54, 1.807) is 0 Å². The Morgan fingerprint density at radius 1 is 0.321 bits per heavy atom. The van der Waals surface area contributed by atoms with E-state index >= 15 is 0 Å². The van der Waals surface area contributed by atoms with Gasteiger partial charge in [0.25, 0.3) is 0 Å².